The Kier molecular flexibility index (Phi) is 4.08. The van der Waals surface area contributed by atoms with Gasteiger partial charge in [0.25, 0.3) is 0 Å². The van der Waals surface area contributed by atoms with Crippen molar-refractivity contribution in [2.45, 2.75) is 26.4 Å². The molecule has 7 nitrogen and oxygen atoms in total. The normalized spacial score (nSPS) is 16.1. The standard InChI is InChI=1S/C13H20N4O3/c1-13(2,3)20-11(18)10-4-7-17(15-10)12(19)16-8-5-14-6-9-16/h4,7,14H,5-6,8-9H2,1-3H3. The first-order valence-corrected chi connectivity index (χ1v) is 6.66. The van der Waals surface area contributed by atoms with E-state index in [9.17, 15) is 9.59 Å². The highest BCUT2D eigenvalue weighted by atomic mass is 16.6. The molecule has 2 heterocycles. The summed E-state index contributed by atoms with van der Waals surface area (Å²) in [6.07, 6.45) is 1.49. The summed E-state index contributed by atoms with van der Waals surface area (Å²) in [7, 11) is 0. The van der Waals surface area contributed by atoms with Gasteiger partial charge >= 0.3 is 12.0 Å². The molecule has 0 atom stereocenters. The molecule has 7 heteroatoms. The average molecular weight is 280 g/mol. The Balaban J connectivity index is 2.04. The van der Waals surface area contributed by atoms with Gasteiger partial charge in [-0.1, -0.05) is 0 Å². The third kappa shape index (κ3) is 3.57. The van der Waals surface area contributed by atoms with Gasteiger partial charge in [0, 0.05) is 32.4 Å². The molecule has 0 saturated carbocycles. The number of nitrogens with zero attached hydrogens (tertiary/aromatic N) is 3. The predicted molar refractivity (Wildman–Crippen MR) is 72.6 cm³/mol. The zero-order valence-corrected chi connectivity index (χ0v) is 12.0. The summed E-state index contributed by atoms with van der Waals surface area (Å²) in [5, 5.41) is 7.17. The van der Waals surface area contributed by atoms with Crippen molar-refractivity contribution < 1.29 is 14.3 Å². The molecule has 20 heavy (non-hydrogen) atoms. The Morgan fingerprint density at radius 1 is 1.30 bits per heavy atom. The molecule has 1 N–H and O–H groups in total. The second-order valence-electron chi connectivity index (χ2n) is 5.67. The van der Waals surface area contributed by atoms with Crippen LogP contribution in [0.3, 0.4) is 0 Å². The Morgan fingerprint density at radius 2 is 1.95 bits per heavy atom. The van der Waals surface area contributed by atoms with Gasteiger partial charge in [-0.25, -0.2) is 9.59 Å². The van der Waals surface area contributed by atoms with Gasteiger partial charge in [0.05, 0.1) is 0 Å². The summed E-state index contributed by atoms with van der Waals surface area (Å²) in [6.45, 7) is 8.17. The second-order valence-corrected chi connectivity index (χ2v) is 5.67. The molecule has 0 aliphatic carbocycles. The molecule has 0 radical (unpaired) electrons. The lowest BCUT2D eigenvalue weighted by atomic mass is 10.2. The maximum absolute atomic E-state index is 12.2. The summed E-state index contributed by atoms with van der Waals surface area (Å²) in [6, 6.07) is 1.27. The number of amides is 1. The van der Waals surface area contributed by atoms with Crippen LogP contribution < -0.4 is 5.32 Å². The van der Waals surface area contributed by atoms with Crippen LogP contribution in [0.1, 0.15) is 31.3 Å². The molecule has 1 aromatic heterocycles. The van der Waals surface area contributed by atoms with Crippen LogP contribution in [0.2, 0.25) is 0 Å². The molecule has 0 spiro atoms. The maximum atomic E-state index is 12.2. The highest BCUT2D eigenvalue weighted by Crippen LogP contribution is 2.11. The van der Waals surface area contributed by atoms with E-state index in [4.69, 9.17) is 4.74 Å². The molecule has 2 rings (SSSR count). The molecule has 1 aliphatic rings. The molecular weight excluding hydrogens is 260 g/mol. The number of carbonyl (C=O) groups excluding carboxylic acids is 2. The van der Waals surface area contributed by atoms with Crippen LogP contribution >= 0.6 is 0 Å². The van der Waals surface area contributed by atoms with Gasteiger partial charge in [-0.05, 0) is 26.8 Å². The number of piperazine rings is 1. The fourth-order valence-corrected chi connectivity index (χ4v) is 1.87. The number of carbonyl (C=O) groups is 2. The third-order valence-corrected chi connectivity index (χ3v) is 2.78. The lowest BCUT2D eigenvalue weighted by molar-refractivity contribution is 0.00624. The Labute approximate surface area is 117 Å². The van der Waals surface area contributed by atoms with E-state index < -0.39 is 11.6 Å². The Morgan fingerprint density at radius 3 is 2.55 bits per heavy atom. The fraction of sp³-hybridized carbons (Fsp3) is 0.615. The number of esters is 1. The lowest BCUT2D eigenvalue weighted by Crippen LogP contribution is -2.48. The first-order valence-electron chi connectivity index (χ1n) is 6.66. The van der Waals surface area contributed by atoms with Gasteiger partial charge in [-0.15, -0.1) is 0 Å². The largest absolute Gasteiger partial charge is 0.455 e. The van der Waals surface area contributed by atoms with E-state index >= 15 is 0 Å². The van der Waals surface area contributed by atoms with Crippen molar-refractivity contribution in [3.05, 3.63) is 18.0 Å². The maximum Gasteiger partial charge on any atom is 0.359 e. The molecular formula is C13H20N4O3. The number of nitrogens with one attached hydrogen (secondary N) is 1. The van der Waals surface area contributed by atoms with E-state index in [0.717, 1.165) is 13.1 Å². The van der Waals surface area contributed by atoms with Gasteiger partial charge in [-0.2, -0.15) is 9.78 Å². The SMILES string of the molecule is CC(C)(C)OC(=O)c1ccn(C(=O)N2CCNCC2)n1. The van der Waals surface area contributed by atoms with Crippen LogP contribution in [0, 0.1) is 0 Å². The molecule has 0 aromatic carbocycles. The molecule has 1 fully saturated rings. The summed E-state index contributed by atoms with van der Waals surface area (Å²) in [5.41, 5.74) is -0.438. The zero-order valence-electron chi connectivity index (χ0n) is 12.0. The topological polar surface area (TPSA) is 76.5 Å². The van der Waals surface area contributed by atoms with Crippen molar-refractivity contribution >= 4 is 12.0 Å². The molecule has 1 saturated heterocycles. The summed E-state index contributed by atoms with van der Waals surface area (Å²) in [5.74, 6) is -0.524. The molecule has 1 amide bonds. The quantitative estimate of drug-likeness (QED) is 0.767. The minimum Gasteiger partial charge on any atom is -0.455 e. The van der Waals surface area contributed by atoms with Crippen molar-refractivity contribution in [1.29, 1.82) is 0 Å². The van der Waals surface area contributed by atoms with Crippen LogP contribution in [-0.4, -0.2) is 58.5 Å². The summed E-state index contributed by atoms with van der Waals surface area (Å²) >= 11 is 0. The van der Waals surface area contributed by atoms with Crippen molar-refractivity contribution in [3.63, 3.8) is 0 Å². The van der Waals surface area contributed by atoms with E-state index in [1.165, 1.54) is 16.9 Å². The summed E-state index contributed by atoms with van der Waals surface area (Å²) < 4.78 is 6.40. The number of aromatic nitrogens is 2. The van der Waals surface area contributed by atoms with Crippen molar-refractivity contribution in [2.24, 2.45) is 0 Å². The molecule has 110 valence electrons. The number of hydrogen-bond acceptors (Lipinski definition) is 5. The van der Waals surface area contributed by atoms with Gasteiger partial charge in [0.15, 0.2) is 5.69 Å². The minimum atomic E-state index is -0.580. The van der Waals surface area contributed by atoms with Crippen LogP contribution in [0.4, 0.5) is 4.79 Å². The first kappa shape index (κ1) is 14.5. The van der Waals surface area contributed by atoms with Gasteiger partial charge < -0.3 is 15.0 Å². The van der Waals surface area contributed by atoms with Gasteiger partial charge in [-0.3, -0.25) is 0 Å². The molecule has 0 bridgehead atoms. The van der Waals surface area contributed by atoms with E-state index in [2.05, 4.69) is 10.4 Å². The van der Waals surface area contributed by atoms with Crippen molar-refractivity contribution in [2.75, 3.05) is 26.2 Å². The number of rotatable bonds is 1. The van der Waals surface area contributed by atoms with Crippen molar-refractivity contribution in [3.8, 4) is 0 Å². The zero-order chi connectivity index (χ0) is 14.8. The van der Waals surface area contributed by atoms with E-state index in [0.29, 0.717) is 13.1 Å². The van der Waals surface area contributed by atoms with E-state index in [1.807, 2.05) is 0 Å². The van der Waals surface area contributed by atoms with Crippen LogP contribution in [-0.2, 0) is 4.74 Å². The molecule has 0 unspecified atom stereocenters. The van der Waals surface area contributed by atoms with Crippen LogP contribution in [0.5, 0.6) is 0 Å². The fourth-order valence-electron chi connectivity index (χ4n) is 1.87. The van der Waals surface area contributed by atoms with E-state index in [-0.39, 0.29) is 11.7 Å². The number of ether oxygens (including phenoxy) is 1. The monoisotopic (exact) mass is 280 g/mol. The highest BCUT2D eigenvalue weighted by Gasteiger charge is 2.23. The smallest absolute Gasteiger partial charge is 0.359 e. The van der Waals surface area contributed by atoms with Crippen molar-refractivity contribution in [1.82, 2.24) is 20.0 Å². The van der Waals surface area contributed by atoms with Crippen LogP contribution in [0.25, 0.3) is 0 Å². The third-order valence-electron chi connectivity index (χ3n) is 2.78. The average Bonchev–Trinajstić information content (AvgIpc) is 2.86. The summed E-state index contributed by atoms with van der Waals surface area (Å²) in [4.78, 5) is 25.7. The van der Waals surface area contributed by atoms with Gasteiger partial charge in [0.2, 0.25) is 0 Å². The van der Waals surface area contributed by atoms with Gasteiger partial charge in [0.1, 0.15) is 5.60 Å². The predicted octanol–water partition coefficient (Wildman–Crippen LogP) is 0.712. The van der Waals surface area contributed by atoms with E-state index in [1.54, 1.807) is 25.7 Å². The molecule has 1 aromatic rings. The lowest BCUT2D eigenvalue weighted by Gasteiger charge is -2.26. The Hall–Kier alpha value is -1.89. The first-order chi connectivity index (χ1) is 9.37. The van der Waals surface area contributed by atoms with Crippen LogP contribution in [0.15, 0.2) is 12.3 Å². The second kappa shape index (κ2) is 5.62. The minimum absolute atomic E-state index is 0.142. The highest BCUT2D eigenvalue weighted by molar-refractivity contribution is 5.88. The number of hydrogen-bond donors (Lipinski definition) is 1. The Bertz CT molecular complexity index is 498. The molecule has 1 aliphatic heterocycles.